The van der Waals surface area contributed by atoms with Crippen molar-refractivity contribution in [3.05, 3.63) is 35.6 Å². The second-order valence-electron chi connectivity index (χ2n) is 8.63. The van der Waals surface area contributed by atoms with Crippen LogP contribution in [0.1, 0.15) is 30.1 Å². The van der Waals surface area contributed by atoms with Gasteiger partial charge in [0.15, 0.2) is 17.5 Å². The lowest BCUT2D eigenvalue weighted by Gasteiger charge is -2.22. The van der Waals surface area contributed by atoms with Crippen molar-refractivity contribution in [1.82, 2.24) is 14.8 Å². The Kier molecular flexibility index (Phi) is 5.64. The largest absolute Gasteiger partial charge is 0.365 e. The number of carbonyl (C=O) groups excluding carboxylic acids is 1. The third-order valence-electron chi connectivity index (χ3n) is 5.87. The van der Waals surface area contributed by atoms with E-state index in [-0.39, 0.29) is 29.3 Å². The van der Waals surface area contributed by atoms with Crippen molar-refractivity contribution in [3.63, 3.8) is 0 Å². The molecule has 0 radical (unpaired) electrons. The van der Waals surface area contributed by atoms with E-state index >= 15 is 0 Å². The molecule has 3 aromatic rings. The molecule has 0 saturated heterocycles. The van der Waals surface area contributed by atoms with E-state index in [1.165, 1.54) is 0 Å². The third-order valence-corrected chi connectivity index (χ3v) is 5.87. The van der Waals surface area contributed by atoms with Crippen molar-refractivity contribution in [1.29, 1.82) is 0 Å². The molecule has 1 aromatic carbocycles. The molecule has 1 fully saturated rings. The Balaban J connectivity index is 1.68. The van der Waals surface area contributed by atoms with Gasteiger partial charge in [0.1, 0.15) is 5.82 Å². The fourth-order valence-electron chi connectivity index (χ4n) is 3.87. The molecule has 0 spiro atoms. The third kappa shape index (κ3) is 4.18. The van der Waals surface area contributed by atoms with Gasteiger partial charge in [-0.15, -0.1) is 0 Å². The number of aromatic nitrogens is 3. The van der Waals surface area contributed by atoms with Gasteiger partial charge in [-0.05, 0) is 49.9 Å². The van der Waals surface area contributed by atoms with E-state index < -0.39 is 11.7 Å². The van der Waals surface area contributed by atoms with Crippen molar-refractivity contribution < 1.29 is 9.18 Å². The van der Waals surface area contributed by atoms with Crippen LogP contribution in [0.4, 0.5) is 27.5 Å². The molecule has 0 unspecified atom stereocenters. The van der Waals surface area contributed by atoms with Crippen LogP contribution in [0, 0.1) is 11.7 Å². The lowest BCUT2D eigenvalue weighted by molar-refractivity contribution is 0.100. The fraction of sp³-hybridized carbons (Fsp3) is 0.409. The number of amides is 1. The highest BCUT2D eigenvalue weighted by Crippen LogP contribution is 2.34. The topological polar surface area (TPSA) is 127 Å². The van der Waals surface area contributed by atoms with Crippen LogP contribution in [-0.2, 0) is 7.05 Å². The second-order valence-corrected chi connectivity index (χ2v) is 8.63. The minimum absolute atomic E-state index is 0.0255. The number of rotatable bonds is 8. The molecule has 6 N–H and O–H groups in total. The summed E-state index contributed by atoms with van der Waals surface area (Å²) in [5.41, 5.74) is 13.3. The zero-order valence-electron chi connectivity index (χ0n) is 18.7. The number of nitrogens with zero attached hydrogens (tertiary/aromatic N) is 4. The highest BCUT2D eigenvalue weighted by Gasteiger charge is 2.32. The Labute approximate surface area is 186 Å². The first-order valence-corrected chi connectivity index (χ1v) is 10.6. The molecule has 170 valence electrons. The van der Waals surface area contributed by atoms with Crippen LogP contribution >= 0.6 is 0 Å². The number of benzene rings is 1. The van der Waals surface area contributed by atoms with E-state index in [2.05, 4.69) is 20.7 Å². The van der Waals surface area contributed by atoms with Gasteiger partial charge in [0, 0.05) is 44.3 Å². The Bertz CT molecular complexity index is 1170. The monoisotopic (exact) mass is 440 g/mol. The molecule has 2 aromatic heterocycles. The lowest BCUT2D eigenvalue weighted by atomic mass is 10.1. The molecule has 9 nitrogen and oxygen atoms in total. The standard InChI is InChI=1S/C22H29FN8O/c1-11(18(24)12-5-6-12)26-21-16(23)10-15(19(25)32)20(28-21)27-13-7-8-17-14(9-13)22(30(2)3)29-31(17)4/h7-12,18H,5-6,24H2,1-4H3,(H2,25,32)(H2,26,27,28)/t11-,18+/m1/s1. The SMILES string of the molecule is C[C@@H](Nc1nc(Nc2ccc3c(c2)c(N(C)C)nn3C)c(C(N)=O)cc1F)[C@H](N)C1CC1. The van der Waals surface area contributed by atoms with Gasteiger partial charge in [0.05, 0.1) is 11.1 Å². The number of halogens is 1. The lowest BCUT2D eigenvalue weighted by Crippen LogP contribution is -2.40. The van der Waals surface area contributed by atoms with Crippen molar-refractivity contribution >= 4 is 40.0 Å². The summed E-state index contributed by atoms with van der Waals surface area (Å²) < 4.78 is 16.5. The molecule has 1 amide bonds. The Morgan fingerprint density at radius 3 is 2.62 bits per heavy atom. The zero-order chi connectivity index (χ0) is 23.2. The molecule has 1 saturated carbocycles. The van der Waals surface area contributed by atoms with Gasteiger partial charge in [-0.3, -0.25) is 9.48 Å². The van der Waals surface area contributed by atoms with Crippen LogP contribution < -0.4 is 27.0 Å². The minimum atomic E-state index is -0.774. The number of primary amides is 1. The van der Waals surface area contributed by atoms with Crippen molar-refractivity contribution in [2.45, 2.75) is 31.8 Å². The molecule has 4 rings (SSSR count). The molecule has 2 atom stereocenters. The highest BCUT2D eigenvalue weighted by atomic mass is 19.1. The number of anilines is 4. The summed E-state index contributed by atoms with van der Waals surface area (Å²) >= 11 is 0. The van der Waals surface area contributed by atoms with Gasteiger partial charge in [-0.25, -0.2) is 9.37 Å². The summed E-state index contributed by atoms with van der Waals surface area (Å²) in [6.45, 7) is 1.90. The summed E-state index contributed by atoms with van der Waals surface area (Å²) in [4.78, 5) is 18.2. The van der Waals surface area contributed by atoms with Crippen LogP contribution in [0.15, 0.2) is 24.3 Å². The van der Waals surface area contributed by atoms with E-state index in [0.717, 1.165) is 35.6 Å². The molecular formula is C22H29FN8O. The summed E-state index contributed by atoms with van der Waals surface area (Å²) in [7, 11) is 5.71. The molecule has 32 heavy (non-hydrogen) atoms. The number of hydrogen-bond acceptors (Lipinski definition) is 7. The summed E-state index contributed by atoms with van der Waals surface area (Å²) in [6, 6.07) is 6.50. The van der Waals surface area contributed by atoms with Gasteiger partial charge in [-0.1, -0.05) is 0 Å². The number of nitrogens with one attached hydrogen (secondary N) is 2. The number of pyridine rings is 1. The van der Waals surface area contributed by atoms with E-state index in [9.17, 15) is 9.18 Å². The van der Waals surface area contributed by atoms with Crippen molar-refractivity contribution in [3.8, 4) is 0 Å². The van der Waals surface area contributed by atoms with Crippen LogP contribution in [0.2, 0.25) is 0 Å². The summed E-state index contributed by atoms with van der Waals surface area (Å²) in [5, 5.41) is 11.6. The number of carbonyl (C=O) groups is 1. The maximum absolute atomic E-state index is 14.7. The van der Waals surface area contributed by atoms with Crippen LogP contribution in [0.5, 0.6) is 0 Å². The Morgan fingerprint density at radius 2 is 2.00 bits per heavy atom. The van der Waals surface area contributed by atoms with Crippen LogP contribution in [0.25, 0.3) is 10.9 Å². The molecule has 1 aliphatic rings. The summed E-state index contributed by atoms with van der Waals surface area (Å²) in [6.07, 6.45) is 2.17. The molecule has 0 aliphatic heterocycles. The van der Waals surface area contributed by atoms with E-state index in [1.807, 2.05) is 51.2 Å². The second kappa shape index (κ2) is 8.27. The minimum Gasteiger partial charge on any atom is -0.365 e. The fourth-order valence-corrected chi connectivity index (χ4v) is 3.87. The molecular weight excluding hydrogens is 411 g/mol. The predicted octanol–water partition coefficient (Wildman–Crippen LogP) is 2.55. The van der Waals surface area contributed by atoms with Crippen LogP contribution in [-0.4, -0.2) is 46.9 Å². The average molecular weight is 441 g/mol. The zero-order valence-corrected chi connectivity index (χ0v) is 18.7. The molecule has 2 heterocycles. The first-order valence-electron chi connectivity index (χ1n) is 10.6. The van der Waals surface area contributed by atoms with E-state index in [4.69, 9.17) is 11.5 Å². The van der Waals surface area contributed by atoms with Gasteiger partial charge in [-0.2, -0.15) is 5.10 Å². The molecule has 10 heteroatoms. The van der Waals surface area contributed by atoms with Gasteiger partial charge >= 0.3 is 0 Å². The van der Waals surface area contributed by atoms with E-state index in [0.29, 0.717) is 11.6 Å². The maximum atomic E-state index is 14.7. The Hall–Kier alpha value is -3.40. The summed E-state index contributed by atoms with van der Waals surface area (Å²) in [5.74, 6) is 0.0147. The first-order chi connectivity index (χ1) is 15.2. The molecule has 1 aliphatic carbocycles. The number of fused-ring (bicyclic) bond motifs is 1. The smallest absolute Gasteiger partial charge is 0.252 e. The number of hydrogen-bond donors (Lipinski definition) is 4. The van der Waals surface area contributed by atoms with E-state index in [1.54, 1.807) is 4.68 Å². The number of aryl methyl sites for hydroxylation is 1. The van der Waals surface area contributed by atoms with Gasteiger partial charge in [0.2, 0.25) is 0 Å². The average Bonchev–Trinajstić information content (AvgIpc) is 3.53. The first kappa shape index (κ1) is 21.8. The maximum Gasteiger partial charge on any atom is 0.252 e. The van der Waals surface area contributed by atoms with Gasteiger partial charge in [0.25, 0.3) is 5.91 Å². The quantitative estimate of drug-likeness (QED) is 0.424. The predicted molar refractivity (Wildman–Crippen MR) is 125 cm³/mol. The Morgan fingerprint density at radius 1 is 1.28 bits per heavy atom. The van der Waals surface area contributed by atoms with Crippen molar-refractivity contribution in [2.24, 2.45) is 24.4 Å². The van der Waals surface area contributed by atoms with Gasteiger partial charge < -0.3 is 27.0 Å². The number of nitrogens with two attached hydrogens (primary N) is 2. The highest BCUT2D eigenvalue weighted by molar-refractivity contribution is 5.99. The normalized spacial score (nSPS) is 15.4. The van der Waals surface area contributed by atoms with Crippen molar-refractivity contribution in [2.75, 3.05) is 29.6 Å². The van der Waals surface area contributed by atoms with Crippen LogP contribution in [0.3, 0.4) is 0 Å². The molecule has 0 bridgehead atoms.